The quantitative estimate of drug-likeness (QED) is 0.568. The smallest absolute Gasteiger partial charge is 0.323 e. The maximum absolute atomic E-state index is 11.9. The number of aliphatic hydroxyl groups is 1. The minimum atomic E-state index is -0.575. The Morgan fingerprint density at radius 2 is 2.07 bits per heavy atom. The molecular formula is C18H25N5O3S. The van der Waals surface area contributed by atoms with Crippen LogP contribution in [0.25, 0.3) is 5.69 Å². The van der Waals surface area contributed by atoms with Crippen molar-refractivity contribution >= 4 is 18.2 Å². The van der Waals surface area contributed by atoms with Crippen molar-refractivity contribution in [3.05, 3.63) is 34.6 Å². The molecule has 2 atom stereocenters. The number of ether oxygens (including phenoxy) is 1. The summed E-state index contributed by atoms with van der Waals surface area (Å²) in [6.07, 6.45) is 3.15. The highest BCUT2D eigenvalue weighted by Crippen LogP contribution is 2.20. The second-order valence-electron chi connectivity index (χ2n) is 6.78. The van der Waals surface area contributed by atoms with Gasteiger partial charge in [-0.25, -0.2) is 4.68 Å². The average Bonchev–Trinajstić information content (AvgIpc) is 3.23. The number of tetrazole rings is 1. The summed E-state index contributed by atoms with van der Waals surface area (Å²) >= 11 is 5.50. The van der Waals surface area contributed by atoms with E-state index >= 15 is 0 Å². The number of unbranched alkanes of at least 4 members (excludes halogenated alkanes) is 1. The van der Waals surface area contributed by atoms with Crippen LogP contribution in [-0.2, 0) is 22.6 Å². The minimum Gasteiger partial charge on any atom is -0.468 e. The molecule has 1 aromatic carbocycles. The second kappa shape index (κ2) is 8.73. The molecule has 0 aliphatic carbocycles. The van der Waals surface area contributed by atoms with Crippen LogP contribution in [0.4, 0.5) is 0 Å². The molecule has 1 aromatic heterocycles. The molecule has 0 radical (unpaired) electrons. The molecule has 1 aliphatic rings. The summed E-state index contributed by atoms with van der Waals surface area (Å²) in [5, 5.41) is 18.2. The fraction of sp³-hybridized carbons (Fsp3) is 0.556. The second-order valence-corrected chi connectivity index (χ2v) is 7.15. The summed E-state index contributed by atoms with van der Waals surface area (Å²) in [6.45, 7) is 2.81. The topological polar surface area (TPSA) is 85.4 Å². The van der Waals surface area contributed by atoms with Crippen LogP contribution in [0.2, 0.25) is 0 Å². The lowest BCUT2D eigenvalue weighted by Gasteiger charge is -2.21. The van der Waals surface area contributed by atoms with Gasteiger partial charge in [0.1, 0.15) is 6.04 Å². The van der Waals surface area contributed by atoms with Gasteiger partial charge in [-0.3, -0.25) is 9.69 Å². The van der Waals surface area contributed by atoms with Gasteiger partial charge in [-0.05, 0) is 53.2 Å². The molecule has 0 unspecified atom stereocenters. The summed E-state index contributed by atoms with van der Waals surface area (Å²) < 4.78 is 8.40. The molecule has 1 aliphatic heterocycles. The van der Waals surface area contributed by atoms with Crippen LogP contribution in [0.15, 0.2) is 24.3 Å². The third kappa shape index (κ3) is 4.42. The summed E-state index contributed by atoms with van der Waals surface area (Å²) in [5.74, 6) is -0.367. The fourth-order valence-electron chi connectivity index (χ4n) is 3.30. The molecule has 0 saturated carbocycles. The predicted octanol–water partition coefficient (Wildman–Crippen LogP) is 1.71. The lowest BCUT2D eigenvalue weighted by Crippen LogP contribution is -2.38. The Hall–Kier alpha value is -2.10. The van der Waals surface area contributed by atoms with E-state index in [2.05, 4.69) is 29.5 Å². The first-order chi connectivity index (χ1) is 13.0. The Morgan fingerprint density at radius 3 is 2.74 bits per heavy atom. The van der Waals surface area contributed by atoms with E-state index in [0.717, 1.165) is 18.5 Å². The number of aliphatic hydroxyl groups excluding tert-OH is 1. The van der Waals surface area contributed by atoms with E-state index < -0.39 is 12.1 Å². The van der Waals surface area contributed by atoms with Gasteiger partial charge in [-0.2, -0.15) is 4.68 Å². The number of hydrogen-bond acceptors (Lipinski definition) is 7. The molecule has 2 heterocycles. The fourth-order valence-corrected chi connectivity index (χ4v) is 3.53. The first kappa shape index (κ1) is 19.7. The van der Waals surface area contributed by atoms with Gasteiger partial charge < -0.3 is 9.84 Å². The van der Waals surface area contributed by atoms with E-state index in [9.17, 15) is 9.90 Å². The summed E-state index contributed by atoms with van der Waals surface area (Å²) in [7, 11) is 1.34. The monoisotopic (exact) mass is 391 g/mol. The molecule has 8 nitrogen and oxygen atoms in total. The first-order valence-electron chi connectivity index (χ1n) is 9.15. The molecule has 0 bridgehead atoms. The first-order valence-corrected chi connectivity index (χ1v) is 9.56. The van der Waals surface area contributed by atoms with Crippen molar-refractivity contribution in [2.75, 3.05) is 13.7 Å². The number of methoxy groups -OCH3 is 1. The number of likely N-dealkylation sites (tertiary alicyclic amines) is 1. The Kier molecular flexibility index (Phi) is 6.35. The molecular weight excluding hydrogens is 366 g/mol. The summed E-state index contributed by atoms with van der Waals surface area (Å²) in [4.78, 5) is 13.7. The highest BCUT2D eigenvalue weighted by Gasteiger charge is 2.37. The molecule has 2 aromatic rings. The van der Waals surface area contributed by atoms with Crippen molar-refractivity contribution in [1.29, 1.82) is 0 Å². The van der Waals surface area contributed by atoms with E-state index in [1.807, 2.05) is 12.1 Å². The van der Waals surface area contributed by atoms with Crippen molar-refractivity contribution in [1.82, 2.24) is 24.7 Å². The van der Waals surface area contributed by atoms with Crippen LogP contribution in [0, 0.1) is 4.77 Å². The van der Waals surface area contributed by atoms with Crippen molar-refractivity contribution in [2.24, 2.45) is 0 Å². The standard InChI is InChI=1S/C18H25N5O3S/c1-3-4-5-13-6-8-14(9-7-13)23-18(27)22(19-20-23)12-21-11-15(24)10-16(21)17(25)26-2/h6-9,15-16,24H,3-5,10-12H2,1-2H3/t15-,16-/m0/s1. The van der Waals surface area contributed by atoms with E-state index in [0.29, 0.717) is 17.7 Å². The number of nitrogens with zero attached hydrogens (tertiary/aromatic N) is 5. The zero-order valence-corrected chi connectivity index (χ0v) is 16.4. The number of benzene rings is 1. The number of aromatic nitrogens is 4. The highest BCUT2D eigenvalue weighted by molar-refractivity contribution is 7.71. The number of rotatable bonds is 7. The molecule has 0 amide bonds. The SMILES string of the molecule is CCCCc1ccc(-n2nnn(CN3C[C@@H](O)C[C@H]3C(=O)OC)c2=S)cc1. The molecule has 146 valence electrons. The van der Waals surface area contributed by atoms with E-state index in [1.54, 1.807) is 14.3 Å². The van der Waals surface area contributed by atoms with Crippen LogP contribution in [-0.4, -0.2) is 61.6 Å². The predicted molar refractivity (Wildman–Crippen MR) is 102 cm³/mol. The minimum absolute atomic E-state index is 0.268. The maximum atomic E-state index is 11.9. The van der Waals surface area contributed by atoms with Crippen molar-refractivity contribution in [3.8, 4) is 5.69 Å². The van der Waals surface area contributed by atoms with Gasteiger partial charge in [0.05, 0.1) is 25.6 Å². The zero-order valence-electron chi connectivity index (χ0n) is 15.6. The Balaban J connectivity index is 1.75. The number of carbonyl (C=O) groups excluding carboxylic acids is 1. The lowest BCUT2D eigenvalue weighted by atomic mass is 10.1. The molecule has 3 rings (SSSR count). The molecule has 1 N–H and O–H groups in total. The normalized spacial score (nSPS) is 20.1. The van der Waals surface area contributed by atoms with Crippen LogP contribution in [0.1, 0.15) is 31.7 Å². The molecule has 9 heteroatoms. The number of hydrogen-bond donors (Lipinski definition) is 1. The number of carbonyl (C=O) groups is 1. The number of esters is 1. The maximum Gasteiger partial charge on any atom is 0.323 e. The average molecular weight is 391 g/mol. The number of β-amino-alcohol motifs (C(OH)–C–C–N with tert-alkyl or cyclic N) is 1. The van der Waals surface area contributed by atoms with Gasteiger partial charge >= 0.3 is 5.97 Å². The summed E-state index contributed by atoms with van der Waals surface area (Å²) in [5.41, 5.74) is 2.13. The van der Waals surface area contributed by atoms with Gasteiger partial charge in [0, 0.05) is 13.0 Å². The molecule has 0 spiro atoms. The Morgan fingerprint density at radius 1 is 1.33 bits per heavy atom. The van der Waals surface area contributed by atoms with E-state index in [1.165, 1.54) is 19.1 Å². The highest BCUT2D eigenvalue weighted by atomic mass is 32.1. The third-order valence-corrected chi connectivity index (χ3v) is 5.19. The van der Waals surface area contributed by atoms with Crippen molar-refractivity contribution < 1.29 is 14.6 Å². The van der Waals surface area contributed by atoms with Crippen LogP contribution in [0.5, 0.6) is 0 Å². The van der Waals surface area contributed by atoms with E-state index in [-0.39, 0.29) is 12.6 Å². The molecule has 1 fully saturated rings. The Labute approximate surface area is 163 Å². The lowest BCUT2D eigenvalue weighted by molar-refractivity contribution is -0.146. The van der Waals surface area contributed by atoms with Crippen molar-refractivity contribution in [2.45, 2.75) is 51.4 Å². The van der Waals surface area contributed by atoms with Crippen LogP contribution >= 0.6 is 12.2 Å². The third-order valence-electron chi connectivity index (χ3n) is 4.81. The van der Waals surface area contributed by atoms with Crippen LogP contribution in [0.3, 0.4) is 0 Å². The number of aryl methyl sites for hydroxylation is 1. The van der Waals surface area contributed by atoms with Gasteiger partial charge in [0.2, 0.25) is 4.77 Å². The van der Waals surface area contributed by atoms with Gasteiger partial charge in [-0.1, -0.05) is 25.5 Å². The molecule has 1 saturated heterocycles. The van der Waals surface area contributed by atoms with Gasteiger partial charge in [0.25, 0.3) is 0 Å². The zero-order chi connectivity index (χ0) is 19.4. The van der Waals surface area contributed by atoms with Gasteiger partial charge in [-0.15, -0.1) is 0 Å². The van der Waals surface area contributed by atoms with Crippen molar-refractivity contribution in [3.63, 3.8) is 0 Å². The summed E-state index contributed by atoms with van der Waals surface area (Å²) in [6, 6.07) is 7.62. The van der Waals surface area contributed by atoms with Crippen LogP contribution < -0.4 is 0 Å². The molecule has 27 heavy (non-hydrogen) atoms. The largest absolute Gasteiger partial charge is 0.468 e. The van der Waals surface area contributed by atoms with Gasteiger partial charge in [0.15, 0.2) is 0 Å². The van der Waals surface area contributed by atoms with E-state index in [4.69, 9.17) is 17.0 Å². The Bertz CT molecular complexity index is 832.